The summed E-state index contributed by atoms with van der Waals surface area (Å²) >= 11 is 0. The third kappa shape index (κ3) is 5.94. The summed E-state index contributed by atoms with van der Waals surface area (Å²) in [7, 11) is -0.589. The molecule has 3 saturated heterocycles. The van der Waals surface area contributed by atoms with Crippen molar-refractivity contribution in [3.63, 3.8) is 0 Å². The summed E-state index contributed by atoms with van der Waals surface area (Å²) in [6.45, 7) is 15.5. The van der Waals surface area contributed by atoms with Gasteiger partial charge in [0.25, 0.3) is 0 Å². The molecule has 10 nitrogen and oxygen atoms in total. The summed E-state index contributed by atoms with van der Waals surface area (Å²) in [5.41, 5.74) is -1.74. The highest BCUT2D eigenvalue weighted by Gasteiger charge is 2.56. The second-order valence-electron chi connectivity index (χ2n) is 11.9. The van der Waals surface area contributed by atoms with Gasteiger partial charge in [-0.2, -0.15) is 0 Å². The van der Waals surface area contributed by atoms with Crippen LogP contribution in [0.15, 0.2) is 0 Å². The zero-order chi connectivity index (χ0) is 26.3. The van der Waals surface area contributed by atoms with Gasteiger partial charge in [-0.15, -0.1) is 0 Å². The van der Waals surface area contributed by atoms with E-state index in [9.17, 15) is 19.5 Å². The average Bonchev–Trinajstić information content (AvgIpc) is 3.41. The van der Waals surface area contributed by atoms with Crippen LogP contribution in [0.5, 0.6) is 0 Å². The first-order valence-electron chi connectivity index (χ1n) is 12.7. The number of carbonyl (C=O) groups is 3. The molecule has 0 unspecified atom stereocenters. The quantitative estimate of drug-likeness (QED) is 0.560. The zero-order valence-electron chi connectivity index (χ0n) is 22.4. The molecule has 2 N–H and O–H groups in total. The molecule has 0 spiro atoms. The van der Waals surface area contributed by atoms with E-state index in [1.807, 2.05) is 27.7 Å². The Kier molecular flexibility index (Phi) is 7.84. The van der Waals surface area contributed by atoms with Gasteiger partial charge in [0, 0.05) is 13.1 Å². The average molecular weight is 495 g/mol. The van der Waals surface area contributed by atoms with E-state index in [1.54, 1.807) is 25.7 Å². The van der Waals surface area contributed by atoms with Crippen molar-refractivity contribution in [3.05, 3.63) is 0 Å². The van der Waals surface area contributed by atoms with E-state index in [2.05, 4.69) is 5.32 Å². The summed E-state index contributed by atoms with van der Waals surface area (Å²) in [6, 6.07) is -1.90. The van der Waals surface area contributed by atoms with Crippen LogP contribution in [0.1, 0.15) is 81.1 Å². The van der Waals surface area contributed by atoms with Crippen LogP contribution in [0.3, 0.4) is 0 Å². The maximum atomic E-state index is 13.6. The van der Waals surface area contributed by atoms with Crippen molar-refractivity contribution in [2.24, 2.45) is 0 Å². The number of nitrogens with one attached hydrogen (secondary N) is 1. The smallest absolute Gasteiger partial charge is 0.444 e. The Labute approximate surface area is 209 Å². The summed E-state index contributed by atoms with van der Waals surface area (Å²) in [5, 5.41) is 13.2. The highest BCUT2D eigenvalue weighted by Crippen LogP contribution is 2.40. The summed E-state index contributed by atoms with van der Waals surface area (Å²) in [6.07, 6.45) is 0.916. The Hall–Kier alpha value is -1.85. The van der Waals surface area contributed by atoms with E-state index >= 15 is 0 Å². The molecule has 0 saturated carbocycles. The number of rotatable bonds is 5. The number of nitrogens with zero attached hydrogens (tertiary/aromatic N) is 2. The predicted molar refractivity (Wildman–Crippen MR) is 130 cm³/mol. The standard InChI is InChI=1S/C24H42BN3O7/c1-15(29)18(26-19(30)16-11-9-13-27(16)21(32)33-22(2,3)4)20(31)28-14-10-12-17(28)25-34-23(5,6)24(7,8)35-25/h15-18,29H,9-14H2,1-8H3,(H,26,30)/t15-,16+,17+,18+/m1/s1. The lowest BCUT2D eigenvalue weighted by molar-refractivity contribution is -0.140. The first-order chi connectivity index (χ1) is 16.0. The van der Waals surface area contributed by atoms with Crippen LogP contribution in [0.25, 0.3) is 0 Å². The van der Waals surface area contributed by atoms with Gasteiger partial charge in [0.1, 0.15) is 17.7 Å². The number of aliphatic hydroxyl groups is 1. The van der Waals surface area contributed by atoms with Crippen molar-refractivity contribution in [3.8, 4) is 0 Å². The van der Waals surface area contributed by atoms with Gasteiger partial charge in [0.15, 0.2) is 0 Å². The number of aliphatic hydroxyl groups excluding tert-OH is 1. The fourth-order valence-corrected chi connectivity index (χ4v) is 4.79. The molecule has 3 rings (SSSR count). The van der Waals surface area contributed by atoms with Crippen molar-refractivity contribution in [2.75, 3.05) is 13.1 Å². The topological polar surface area (TPSA) is 118 Å². The van der Waals surface area contributed by atoms with Gasteiger partial charge in [-0.1, -0.05) is 0 Å². The van der Waals surface area contributed by atoms with Gasteiger partial charge in [-0.05, 0) is 81.1 Å². The number of carbonyl (C=O) groups excluding carboxylic acids is 3. The van der Waals surface area contributed by atoms with Crippen LogP contribution in [-0.2, 0) is 23.6 Å². The predicted octanol–water partition coefficient (Wildman–Crippen LogP) is 1.87. The minimum atomic E-state index is -1.15. The minimum Gasteiger partial charge on any atom is -0.444 e. The van der Waals surface area contributed by atoms with E-state index in [1.165, 1.54) is 11.8 Å². The lowest BCUT2D eigenvalue weighted by Crippen LogP contribution is -2.59. The fourth-order valence-electron chi connectivity index (χ4n) is 4.79. The summed E-state index contributed by atoms with van der Waals surface area (Å²) in [4.78, 5) is 42.4. The van der Waals surface area contributed by atoms with E-state index in [0.29, 0.717) is 32.4 Å². The molecular weight excluding hydrogens is 453 g/mol. The van der Waals surface area contributed by atoms with E-state index in [-0.39, 0.29) is 11.8 Å². The van der Waals surface area contributed by atoms with Crippen molar-refractivity contribution in [2.45, 2.75) is 122 Å². The molecule has 3 heterocycles. The molecule has 0 radical (unpaired) electrons. The van der Waals surface area contributed by atoms with Crippen LogP contribution in [0.4, 0.5) is 4.79 Å². The summed E-state index contributed by atoms with van der Waals surface area (Å²) < 4.78 is 17.8. The lowest BCUT2D eigenvalue weighted by atomic mass is 9.76. The van der Waals surface area contributed by atoms with E-state index in [0.717, 1.165) is 6.42 Å². The van der Waals surface area contributed by atoms with Crippen molar-refractivity contribution in [1.29, 1.82) is 0 Å². The molecule has 198 valence electrons. The highest BCUT2D eigenvalue weighted by atomic mass is 16.7. The number of hydrogen-bond acceptors (Lipinski definition) is 7. The molecule has 3 amide bonds. The van der Waals surface area contributed by atoms with Gasteiger partial charge < -0.3 is 29.4 Å². The van der Waals surface area contributed by atoms with Crippen molar-refractivity contribution < 1.29 is 33.5 Å². The Morgan fingerprint density at radius 2 is 1.57 bits per heavy atom. The first kappa shape index (κ1) is 27.7. The zero-order valence-corrected chi connectivity index (χ0v) is 22.4. The maximum absolute atomic E-state index is 13.6. The summed E-state index contributed by atoms with van der Waals surface area (Å²) in [5.74, 6) is -1.17. The van der Waals surface area contributed by atoms with Crippen LogP contribution in [0.2, 0.25) is 0 Å². The lowest BCUT2D eigenvalue weighted by Gasteiger charge is -2.33. The molecule has 4 atom stereocenters. The monoisotopic (exact) mass is 495 g/mol. The Morgan fingerprint density at radius 3 is 2.11 bits per heavy atom. The number of likely N-dealkylation sites (tertiary alicyclic amines) is 2. The molecule has 35 heavy (non-hydrogen) atoms. The fraction of sp³-hybridized carbons (Fsp3) is 0.875. The SMILES string of the molecule is C[C@@H](O)[C@H](NC(=O)[C@@H]1CCCN1C(=O)OC(C)(C)C)C(=O)N1CCC[C@H]1B1OC(C)(C)C(C)(C)O1. The number of amides is 3. The molecule has 0 aromatic rings. The molecule has 0 aromatic heterocycles. The van der Waals surface area contributed by atoms with Crippen LogP contribution < -0.4 is 5.32 Å². The van der Waals surface area contributed by atoms with Gasteiger partial charge in [-0.25, -0.2) is 4.79 Å². The van der Waals surface area contributed by atoms with Crippen LogP contribution >= 0.6 is 0 Å². The normalized spacial score (nSPS) is 27.6. The second kappa shape index (κ2) is 9.90. The van der Waals surface area contributed by atoms with Crippen LogP contribution in [-0.4, -0.2) is 94.0 Å². The largest absolute Gasteiger partial charge is 0.482 e. The molecule has 0 aromatic carbocycles. The van der Waals surface area contributed by atoms with E-state index < -0.39 is 54.1 Å². The first-order valence-corrected chi connectivity index (χ1v) is 12.7. The molecule has 0 bridgehead atoms. The second-order valence-corrected chi connectivity index (χ2v) is 11.9. The van der Waals surface area contributed by atoms with Crippen molar-refractivity contribution in [1.82, 2.24) is 15.1 Å². The van der Waals surface area contributed by atoms with Gasteiger partial charge in [0.05, 0.1) is 23.2 Å². The van der Waals surface area contributed by atoms with Gasteiger partial charge >= 0.3 is 13.2 Å². The Morgan fingerprint density at radius 1 is 1.03 bits per heavy atom. The maximum Gasteiger partial charge on any atom is 0.482 e. The van der Waals surface area contributed by atoms with Crippen LogP contribution in [0, 0.1) is 0 Å². The molecule has 11 heteroatoms. The van der Waals surface area contributed by atoms with Gasteiger partial charge in [0.2, 0.25) is 11.8 Å². The third-order valence-electron chi connectivity index (χ3n) is 7.40. The third-order valence-corrected chi connectivity index (χ3v) is 7.40. The molecular formula is C24H42BN3O7. The minimum absolute atomic E-state index is 0.313. The Balaban J connectivity index is 1.71. The molecule has 3 aliphatic heterocycles. The number of hydrogen-bond donors (Lipinski definition) is 2. The van der Waals surface area contributed by atoms with E-state index in [4.69, 9.17) is 14.0 Å². The number of ether oxygens (including phenoxy) is 1. The van der Waals surface area contributed by atoms with Crippen molar-refractivity contribution >= 4 is 25.0 Å². The molecule has 3 aliphatic rings. The molecule has 3 fully saturated rings. The molecule has 0 aliphatic carbocycles. The Bertz CT molecular complexity index is 810. The highest BCUT2D eigenvalue weighted by molar-refractivity contribution is 6.48. The van der Waals surface area contributed by atoms with Gasteiger partial charge in [-0.3, -0.25) is 14.5 Å².